The maximum atomic E-state index is 5.98. The van der Waals surface area contributed by atoms with Gasteiger partial charge in [0, 0.05) is 16.0 Å². The first-order valence-electron chi connectivity index (χ1n) is 5.37. The van der Waals surface area contributed by atoms with Crippen molar-refractivity contribution in [1.29, 1.82) is 0 Å². The SMILES string of the molecule is Cc1nc(Br)ccc1NCc1cc(Cl)ccc1Br. The van der Waals surface area contributed by atoms with Gasteiger partial charge in [0.15, 0.2) is 0 Å². The minimum atomic E-state index is 0.700. The maximum absolute atomic E-state index is 5.98. The highest BCUT2D eigenvalue weighted by Gasteiger charge is 2.03. The van der Waals surface area contributed by atoms with Crippen molar-refractivity contribution in [3.05, 3.63) is 55.7 Å². The summed E-state index contributed by atoms with van der Waals surface area (Å²) in [7, 11) is 0. The fourth-order valence-corrected chi connectivity index (χ4v) is 2.57. The van der Waals surface area contributed by atoms with E-state index >= 15 is 0 Å². The molecule has 0 saturated heterocycles. The Hall–Kier alpha value is -0.580. The summed E-state index contributed by atoms with van der Waals surface area (Å²) in [6.07, 6.45) is 0. The summed E-state index contributed by atoms with van der Waals surface area (Å²) in [4.78, 5) is 4.34. The van der Waals surface area contributed by atoms with Crippen molar-refractivity contribution in [2.45, 2.75) is 13.5 Å². The van der Waals surface area contributed by atoms with Gasteiger partial charge in [0.25, 0.3) is 0 Å². The monoisotopic (exact) mass is 388 g/mol. The van der Waals surface area contributed by atoms with E-state index in [1.807, 2.05) is 37.3 Å². The smallest absolute Gasteiger partial charge is 0.106 e. The van der Waals surface area contributed by atoms with Crippen LogP contribution in [0.1, 0.15) is 11.3 Å². The molecule has 0 amide bonds. The van der Waals surface area contributed by atoms with Gasteiger partial charge in [0.05, 0.1) is 11.4 Å². The van der Waals surface area contributed by atoms with Gasteiger partial charge in [0.2, 0.25) is 0 Å². The molecule has 94 valence electrons. The van der Waals surface area contributed by atoms with Crippen molar-refractivity contribution in [2.24, 2.45) is 0 Å². The quantitative estimate of drug-likeness (QED) is 0.731. The number of rotatable bonds is 3. The molecule has 18 heavy (non-hydrogen) atoms. The van der Waals surface area contributed by atoms with Crippen LogP contribution in [0.2, 0.25) is 5.02 Å². The van der Waals surface area contributed by atoms with Crippen molar-refractivity contribution in [2.75, 3.05) is 5.32 Å². The summed E-state index contributed by atoms with van der Waals surface area (Å²) < 4.78 is 1.89. The Labute approximate surface area is 128 Å². The fourth-order valence-electron chi connectivity index (χ4n) is 1.59. The van der Waals surface area contributed by atoms with Crippen LogP contribution in [0.4, 0.5) is 5.69 Å². The second kappa shape index (κ2) is 6.04. The number of hydrogen-bond donors (Lipinski definition) is 1. The third kappa shape index (κ3) is 3.46. The number of aromatic nitrogens is 1. The van der Waals surface area contributed by atoms with E-state index in [-0.39, 0.29) is 0 Å². The van der Waals surface area contributed by atoms with Crippen LogP contribution in [0, 0.1) is 6.92 Å². The lowest BCUT2D eigenvalue weighted by molar-refractivity contribution is 1.09. The minimum absolute atomic E-state index is 0.700. The minimum Gasteiger partial charge on any atom is -0.379 e. The predicted octanol–water partition coefficient (Wildman–Crippen LogP) is 5.18. The van der Waals surface area contributed by atoms with Crippen molar-refractivity contribution in [1.82, 2.24) is 4.98 Å². The van der Waals surface area contributed by atoms with Crippen molar-refractivity contribution in [3.63, 3.8) is 0 Å². The molecular formula is C13H11Br2ClN2. The van der Waals surface area contributed by atoms with Crippen LogP contribution >= 0.6 is 43.5 Å². The van der Waals surface area contributed by atoms with Crippen molar-refractivity contribution >= 4 is 49.1 Å². The number of benzene rings is 1. The second-order valence-corrected chi connectivity index (χ2v) is 5.96. The third-order valence-electron chi connectivity index (χ3n) is 2.53. The van der Waals surface area contributed by atoms with Gasteiger partial charge in [-0.05, 0) is 58.7 Å². The molecule has 1 N–H and O–H groups in total. The zero-order valence-corrected chi connectivity index (χ0v) is 13.6. The highest BCUT2D eigenvalue weighted by atomic mass is 79.9. The summed E-state index contributed by atoms with van der Waals surface area (Å²) in [6.45, 7) is 2.67. The molecule has 0 atom stereocenters. The largest absolute Gasteiger partial charge is 0.379 e. The van der Waals surface area contributed by atoms with E-state index in [0.717, 1.165) is 31.0 Å². The van der Waals surface area contributed by atoms with E-state index < -0.39 is 0 Å². The van der Waals surface area contributed by atoms with E-state index in [1.54, 1.807) is 0 Å². The Morgan fingerprint density at radius 3 is 2.72 bits per heavy atom. The molecule has 2 rings (SSSR count). The summed E-state index contributed by atoms with van der Waals surface area (Å²) in [5.41, 5.74) is 3.09. The maximum Gasteiger partial charge on any atom is 0.106 e. The first kappa shape index (κ1) is 13.8. The number of anilines is 1. The molecule has 0 unspecified atom stereocenters. The zero-order valence-electron chi connectivity index (χ0n) is 9.67. The van der Waals surface area contributed by atoms with Crippen molar-refractivity contribution < 1.29 is 0 Å². The molecule has 1 aromatic heterocycles. The molecule has 5 heteroatoms. The van der Waals surface area contributed by atoms with Gasteiger partial charge in [-0.3, -0.25) is 0 Å². The van der Waals surface area contributed by atoms with Crippen LogP contribution in [-0.4, -0.2) is 4.98 Å². The topological polar surface area (TPSA) is 24.9 Å². The van der Waals surface area contributed by atoms with Crippen LogP contribution in [0.25, 0.3) is 0 Å². The van der Waals surface area contributed by atoms with E-state index in [0.29, 0.717) is 6.54 Å². The molecule has 2 aromatic rings. The highest BCUT2D eigenvalue weighted by Crippen LogP contribution is 2.23. The van der Waals surface area contributed by atoms with Gasteiger partial charge in [0.1, 0.15) is 4.60 Å². The number of hydrogen-bond acceptors (Lipinski definition) is 2. The van der Waals surface area contributed by atoms with Crippen LogP contribution in [0.3, 0.4) is 0 Å². The molecule has 0 spiro atoms. The molecule has 1 heterocycles. The van der Waals surface area contributed by atoms with Gasteiger partial charge in [-0.1, -0.05) is 27.5 Å². The highest BCUT2D eigenvalue weighted by molar-refractivity contribution is 9.10. The van der Waals surface area contributed by atoms with E-state index in [1.165, 1.54) is 0 Å². The van der Waals surface area contributed by atoms with E-state index in [9.17, 15) is 0 Å². The lowest BCUT2D eigenvalue weighted by Crippen LogP contribution is -2.02. The molecule has 0 radical (unpaired) electrons. The molecule has 0 aliphatic carbocycles. The van der Waals surface area contributed by atoms with E-state index in [4.69, 9.17) is 11.6 Å². The standard InChI is InChI=1S/C13H11Br2ClN2/c1-8-12(4-5-13(15)18-8)17-7-9-6-10(16)2-3-11(9)14/h2-6,17H,7H2,1H3. The summed E-state index contributed by atoms with van der Waals surface area (Å²) >= 11 is 12.8. The molecule has 0 fully saturated rings. The van der Waals surface area contributed by atoms with Gasteiger partial charge in [-0.25, -0.2) is 4.98 Å². The predicted molar refractivity (Wildman–Crippen MR) is 83.2 cm³/mol. The summed E-state index contributed by atoms with van der Waals surface area (Å²) in [5, 5.41) is 4.09. The molecular weight excluding hydrogens is 379 g/mol. The van der Waals surface area contributed by atoms with Crippen LogP contribution in [0.5, 0.6) is 0 Å². The number of pyridine rings is 1. The lowest BCUT2D eigenvalue weighted by atomic mass is 10.2. The Bertz CT molecular complexity index is 573. The Balaban J connectivity index is 2.13. The average Bonchev–Trinajstić information content (AvgIpc) is 2.32. The molecule has 1 aromatic carbocycles. The number of nitrogens with one attached hydrogen (secondary N) is 1. The zero-order chi connectivity index (χ0) is 13.1. The molecule has 0 saturated carbocycles. The normalized spacial score (nSPS) is 10.4. The van der Waals surface area contributed by atoms with Gasteiger partial charge < -0.3 is 5.32 Å². The number of aryl methyl sites for hydroxylation is 1. The summed E-state index contributed by atoms with van der Waals surface area (Å²) in [6, 6.07) is 9.68. The number of halogens is 3. The second-order valence-electron chi connectivity index (χ2n) is 3.86. The van der Waals surface area contributed by atoms with Crippen LogP contribution in [0.15, 0.2) is 39.4 Å². The average molecular weight is 391 g/mol. The molecule has 0 aliphatic rings. The van der Waals surface area contributed by atoms with Gasteiger partial charge in [-0.15, -0.1) is 0 Å². The Morgan fingerprint density at radius 1 is 1.22 bits per heavy atom. The number of nitrogens with zero attached hydrogens (tertiary/aromatic N) is 1. The van der Waals surface area contributed by atoms with Crippen molar-refractivity contribution in [3.8, 4) is 0 Å². The van der Waals surface area contributed by atoms with Gasteiger partial charge >= 0.3 is 0 Å². The van der Waals surface area contributed by atoms with E-state index in [2.05, 4.69) is 42.2 Å². The van der Waals surface area contributed by atoms with Gasteiger partial charge in [-0.2, -0.15) is 0 Å². The Morgan fingerprint density at radius 2 is 2.00 bits per heavy atom. The Kier molecular flexibility index (Phi) is 4.65. The van der Waals surface area contributed by atoms with Crippen LogP contribution < -0.4 is 5.32 Å². The molecule has 2 nitrogen and oxygen atoms in total. The third-order valence-corrected chi connectivity index (χ3v) is 3.98. The lowest BCUT2D eigenvalue weighted by Gasteiger charge is -2.10. The molecule has 0 bridgehead atoms. The summed E-state index contributed by atoms with van der Waals surface area (Å²) in [5.74, 6) is 0. The first-order valence-corrected chi connectivity index (χ1v) is 7.33. The first-order chi connectivity index (χ1) is 8.56. The van der Waals surface area contributed by atoms with Crippen LogP contribution in [-0.2, 0) is 6.54 Å². The molecule has 0 aliphatic heterocycles. The fraction of sp³-hybridized carbons (Fsp3) is 0.154.